The summed E-state index contributed by atoms with van der Waals surface area (Å²) in [5.41, 5.74) is 9.29. The van der Waals surface area contributed by atoms with Crippen molar-refractivity contribution >= 4 is 0 Å². The van der Waals surface area contributed by atoms with Crippen molar-refractivity contribution in [1.82, 2.24) is 4.90 Å². The first-order valence-corrected chi connectivity index (χ1v) is 8.20. The van der Waals surface area contributed by atoms with Crippen LogP contribution in [0.2, 0.25) is 0 Å². The Morgan fingerprint density at radius 1 is 1.20 bits per heavy atom. The fourth-order valence-electron chi connectivity index (χ4n) is 3.40. The zero-order chi connectivity index (χ0) is 14.5. The van der Waals surface area contributed by atoms with Crippen LogP contribution in [0.1, 0.15) is 57.2 Å². The fourth-order valence-corrected chi connectivity index (χ4v) is 3.40. The third-order valence-electron chi connectivity index (χ3n) is 4.40. The van der Waals surface area contributed by atoms with Crippen LogP contribution in [0.5, 0.6) is 0 Å². The van der Waals surface area contributed by atoms with Gasteiger partial charge in [0.05, 0.1) is 0 Å². The van der Waals surface area contributed by atoms with E-state index in [9.17, 15) is 0 Å². The van der Waals surface area contributed by atoms with E-state index in [1.54, 1.807) is 0 Å². The van der Waals surface area contributed by atoms with Gasteiger partial charge in [0.2, 0.25) is 0 Å². The Hall–Kier alpha value is -0.860. The molecule has 1 fully saturated rings. The van der Waals surface area contributed by atoms with Crippen molar-refractivity contribution in [3.63, 3.8) is 0 Å². The second-order valence-corrected chi connectivity index (χ2v) is 6.57. The third-order valence-corrected chi connectivity index (χ3v) is 4.40. The second kappa shape index (κ2) is 7.24. The maximum absolute atomic E-state index is 6.45. The Morgan fingerprint density at radius 3 is 2.50 bits per heavy atom. The first-order valence-electron chi connectivity index (χ1n) is 8.20. The van der Waals surface area contributed by atoms with Crippen molar-refractivity contribution in [3.05, 3.63) is 35.4 Å². The minimum Gasteiger partial charge on any atom is -0.326 e. The van der Waals surface area contributed by atoms with E-state index in [1.807, 2.05) is 0 Å². The molecule has 1 aromatic carbocycles. The average molecular weight is 274 g/mol. The molecule has 0 bridgehead atoms. The Bertz CT molecular complexity index is 396. The van der Waals surface area contributed by atoms with Gasteiger partial charge in [-0.1, -0.05) is 51.5 Å². The molecule has 2 N–H and O–H groups in total. The summed E-state index contributed by atoms with van der Waals surface area (Å²) < 4.78 is 0. The summed E-state index contributed by atoms with van der Waals surface area (Å²) in [5.74, 6) is 0.716. The smallest absolute Gasteiger partial charge is 0.0499 e. The molecule has 1 saturated heterocycles. The zero-order valence-corrected chi connectivity index (χ0v) is 13.3. The van der Waals surface area contributed by atoms with Gasteiger partial charge in [-0.2, -0.15) is 0 Å². The Balaban J connectivity index is 2.18. The quantitative estimate of drug-likeness (QED) is 0.906. The van der Waals surface area contributed by atoms with Gasteiger partial charge in [0, 0.05) is 12.1 Å². The van der Waals surface area contributed by atoms with E-state index in [0.29, 0.717) is 12.0 Å². The monoisotopic (exact) mass is 274 g/mol. The number of rotatable bonds is 4. The van der Waals surface area contributed by atoms with E-state index >= 15 is 0 Å². The molecule has 2 rings (SSSR count). The molecular weight excluding hydrogens is 244 g/mol. The molecule has 0 radical (unpaired) electrons. The first kappa shape index (κ1) is 15.5. The van der Waals surface area contributed by atoms with Gasteiger partial charge in [-0.3, -0.25) is 4.90 Å². The molecule has 2 atom stereocenters. The van der Waals surface area contributed by atoms with E-state index in [4.69, 9.17) is 5.73 Å². The lowest BCUT2D eigenvalue weighted by atomic mass is 9.94. The first-order chi connectivity index (χ1) is 9.61. The summed E-state index contributed by atoms with van der Waals surface area (Å²) in [6.07, 6.45) is 4.85. The van der Waals surface area contributed by atoms with Crippen molar-refractivity contribution < 1.29 is 0 Å². The summed E-state index contributed by atoms with van der Waals surface area (Å²) in [6.45, 7) is 9.06. The number of benzene rings is 1. The van der Waals surface area contributed by atoms with Gasteiger partial charge >= 0.3 is 0 Å². The lowest BCUT2D eigenvalue weighted by molar-refractivity contribution is 0.195. The molecule has 1 aliphatic heterocycles. The topological polar surface area (TPSA) is 29.3 Å². The maximum atomic E-state index is 6.45. The van der Waals surface area contributed by atoms with Gasteiger partial charge in [-0.05, 0) is 49.4 Å². The van der Waals surface area contributed by atoms with Crippen LogP contribution < -0.4 is 5.73 Å². The van der Waals surface area contributed by atoms with Gasteiger partial charge in [-0.15, -0.1) is 0 Å². The second-order valence-electron chi connectivity index (χ2n) is 6.57. The molecule has 1 heterocycles. The molecule has 0 aromatic heterocycles. The standard InChI is InChI=1S/C18H30N2/c1-4-20-12-6-5-7-17(19)18(20)16-10-8-15(9-11-16)13-14(2)3/h8-11,14,17-18H,4-7,12-13,19H2,1-3H3. The van der Waals surface area contributed by atoms with Crippen molar-refractivity contribution in [2.24, 2.45) is 11.7 Å². The van der Waals surface area contributed by atoms with Crippen molar-refractivity contribution in [2.75, 3.05) is 13.1 Å². The van der Waals surface area contributed by atoms with Gasteiger partial charge in [0.1, 0.15) is 0 Å². The van der Waals surface area contributed by atoms with E-state index < -0.39 is 0 Å². The highest BCUT2D eigenvalue weighted by atomic mass is 15.2. The SMILES string of the molecule is CCN1CCCCC(N)C1c1ccc(CC(C)C)cc1. The van der Waals surface area contributed by atoms with Crippen molar-refractivity contribution in [2.45, 2.75) is 58.5 Å². The summed E-state index contributed by atoms with van der Waals surface area (Å²) in [4.78, 5) is 2.55. The Kier molecular flexibility index (Phi) is 5.62. The molecule has 0 amide bonds. The third kappa shape index (κ3) is 3.83. The number of likely N-dealkylation sites (N-methyl/N-ethyl adjacent to an activating group) is 1. The molecule has 2 nitrogen and oxygen atoms in total. The predicted molar refractivity (Wildman–Crippen MR) is 86.8 cm³/mol. The highest BCUT2D eigenvalue weighted by Gasteiger charge is 2.27. The number of nitrogens with two attached hydrogens (primary N) is 1. The van der Waals surface area contributed by atoms with E-state index in [1.165, 1.54) is 30.5 Å². The maximum Gasteiger partial charge on any atom is 0.0499 e. The van der Waals surface area contributed by atoms with Crippen LogP contribution in [0.3, 0.4) is 0 Å². The molecule has 2 unspecified atom stereocenters. The van der Waals surface area contributed by atoms with Gasteiger partial charge < -0.3 is 5.73 Å². The molecule has 1 aliphatic rings. The zero-order valence-electron chi connectivity index (χ0n) is 13.3. The minimum absolute atomic E-state index is 0.272. The van der Waals surface area contributed by atoms with Crippen molar-refractivity contribution in [3.8, 4) is 0 Å². The lowest BCUT2D eigenvalue weighted by Crippen LogP contribution is -2.39. The molecule has 0 spiro atoms. The molecule has 0 aliphatic carbocycles. The summed E-state index contributed by atoms with van der Waals surface area (Å²) >= 11 is 0. The Labute approximate surface area is 124 Å². The number of likely N-dealkylation sites (tertiary alicyclic amines) is 1. The normalized spacial score (nSPS) is 24.9. The summed E-state index contributed by atoms with van der Waals surface area (Å²) in [5, 5.41) is 0. The largest absolute Gasteiger partial charge is 0.326 e. The Morgan fingerprint density at radius 2 is 1.90 bits per heavy atom. The highest BCUT2D eigenvalue weighted by molar-refractivity contribution is 5.26. The van der Waals surface area contributed by atoms with Gasteiger partial charge in [0.25, 0.3) is 0 Å². The number of nitrogens with zero attached hydrogens (tertiary/aromatic N) is 1. The fraction of sp³-hybridized carbons (Fsp3) is 0.667. The molecule has 1 aromatic rings. The van der Waals surface area contributed by atoms with E-state index in [0.717, 1.165) is 19.4 Å². The van der Waals surface area contributed by atoms with E-state index in [2.05, 4.69) is 49.9 Å². The highest BCUT2D eigenvalue weighted by Crippen LogP contribution is 2.29. The van der Waals surface area contributed by atoms with Crippen LogP contribution in [0.4, 0.5) is 0 Å². The van der Waals surface area contributed by atoms with Crippen LogP contribution in [0.25, 0.3) is 0 Å². The number of hydrogen-bond donors (Lipinski definition) is 1. The predicted octanol–water partition coefficient (Wildman–Crippen LogP) is 3.76. The average Bonchev–Trinajstić information content (AvgIpc) is 2.60. The van der Waals surface area contributed by atoms with Crippen LogP contribution in [0.15, 0.2) is 24.3 Å². The summed E-state index contributed by atoms with van der Waals surface area (Å²) in [6, 6.07) is 9.86. The van der Waals surface area contributed by atoms with Gasteiger partial charge in [-0.25, -0.2) is 0 Å². The van der Waals surface area contributed by atoms with Gasteiger partial charge in [0.15, 0.2) is 0 Å². The van der Waals surface area contributed by atoms with Crippen LogP contribution in [-0.4, -0.2) is 24.0 Å². The van der Waals surface area contributed by atoms with Crippen LogP contribution in [-0.2, 0) is 6.42 Å². The minimum atomic E-state index is 0.272. The molecular formula is C18H30N2. The molecule has 0 saturated carbocycles. The van der Waals surface area contributed by atoms with Crippen LogP contribution >= 0.6 is 0 Å². The molecule has 112 valence electrons. The van der Waals surface area contributed by atoms with Crippen molar-refractivity contribution in [1.29, 1.82) is 0 Å². The summed E-state index contributed by atoms with van der Waals surface area (Å²) in [7, 11) is 0. The lowest BCUT2D eigenvalue weighted by Gasteiger charge is -2.33. The molecule has 20 heavy (non-hydrogen) atoms. The van der Waals surface area contributed by atoms with E-state index in [-0.39, 0.29) is 6.04 Å². The van der Waals surface area contributed by atoms with Crippen LogP contribution in [0, 0.1) is 5.92 Å². The number of hydrogen-bond acceptors (Lipinski definition) is 2. The molecule has 2 heteroatoms.